The van der Waals surface area contributed by atoms with Crippen LogP contribution in [0.5, 0.6) is 0 Å². The molecule has 2 aromatic heterocycles. The van der Waals surface area contributed by atoms with Crippen molar-refractivity contribution in [3.63, 3.8) is 0 Å². The van der Waals surface area contributed by atoms with E-state index >= 15 is 0 Å². The number of nitrogens with zero attached hydrogens (tertiary/aromatic N) is 4. The zero-order chi connectivity index (χ0) is 24.4. The summed E-state index contributed by atoms with van der Waals surface area (Å²) in [5.41, 5.74) is 2.84. The molecule has 11 heteroatoms. The first-order valence-corrected chi connectivity index (χ1v) is 12.3. The predicted molar refractivity (Wildman–Crippen MR) is 133 cm³/mol. The van der Waals surface area contributed by atoms with E-state index in [9.17, 15) is 14.9 Å². The van der Waals surface area contributed by atoms with Gasteiger partial charge in [0.2, 0.25) is 5.91 Å². The number of nitro benzene ring substituents is 1. The molecule has 0 saturated carbocycles. The number of carbonyl (C=O) groups is 1. The Bertz CT molecular complexity index is 1390. The van der Waals surface area contributed by atoms with Crippen LogP contribution in [0.3, 0.4) is 0 Å². The fourth-order valence-electron chi connectivity index (χ4n) is 4.22. The van der Waals surface area contributed by atoms with Crippen LogP contribution in [0, 0.1) is 17.0 Å². The Morgan fingerprint density at radius 2 is 2.17 bits per heavy atom. The first kappa shape index (κ1) is 23.1. The predicted octanol–water partition coefficient (Wildman–Crippen LogP) is 4.55. The number of nitro groups is 1. The molecule has 0 spiro atoms. The summed E-state index contributed by atoms with van der Waals surface area (Å²) < 4.78 is 7.87. The molecule has 1 atom stereocenters. The summed E-state index contributed by atoms with van der Waals surface area (Å²) in [5.74, 6) is 0.516. The van der Waals surface area contributed by atoms with E-state index in [4.69, 9.17) is 4.74 Å². The third-order valence-electron chi connectivity index (χ3n) is 5.98. The SMILES string of the molecule is Cc1ccc(NC(=O)CSc2nnc(-c3c[nH]c4ccccc34)n2C[C@@H]2CCCO2)cc1[N+](=O)[O-]. The zero-order valence-electron chi connectivity index (χ0n) is 19.1. The number of benzene rings is 2. The number of thioether (sulfide) groups is 1. The minimum Gasteiger partial charge on any atom is -0.376 e. The Labute approximate surface area is 205 Å². The van der Waals surface area contributed by atoms with Crippen LogP contribution in [0.25, 0.3) is 22.3 Å². The van der Waals surface area contributed by atoms with Crippen LogP contribution in [0.2, 0.25) is 0 Å². The summed E-state index contributed by atoms with van der Waals surface area (Å²) in [5, 5.41) is 24.4. The van der Waals surface area contributed by atoms with Crippen molar-refractivity contribution in [1.82, 2.24) is 19.7 Å². The van der Waals surface area contributed by atoms with E-state index in [0.29, 0.717) is 23.0 Å². The number of rotatable bonds is 8. The van der Waals surface area contributed by atoms with Crippen molar-refractivity contribution in [1.29, 1.82) is 0 Å². The number of carbonyl (C=O) groups excluding carboxylic acids is 1. The van der Waals surface area contributed by atoms with Gasteiger partial charge in [-0.15, -0.1) is 10.2 Å². The molecule has 2 aromatic carbocycles. The van der Waals surface area contributed by atoms with Gasteiger partial charge in [-0.25, -0.2) is 0 Å². The lowest BCUT2D eigenvalue weighted by Gasteiger charge is -2.14. The number of H-pyrrole nitrogens is 1. The normalized spacial score (nSPS) is 15.5. The molecule has 4 aromatic rings. The molecule has 1 aliphatic heterocycles. The van der Waals surface area contributed by atoms with E-state index in [1.165, 1.54) is 17.8 Å². The number of aromatic amines is 1. The molecule has 0 radical (unpaired) electrons. The molecule has 10 nitrogen and oxygen atoms in total. The topological polar surface area (TPSA) is 128 Å². The molecule has 1 amide bonds. The quantitative estimate of drug-likeness (QED) is 0.210. The Balaban J connectivity index is 1.36. The minimum atomic E-state index is -0.459. The molecule has 0 unspecified atom stereocenters. The summed E-state index contributed by atoms with van der Waals surface area (Å²) in [6.45, 7) is 2.99. The first-order valence-electron chi connectivity index (χ1n) is 11.3. The Morgan fingerprint density at radius 1 is 1.31 bits per heavy atom. The molecular weight excluding hydrogens is 468 g/mol. The fraction of sp³-hybridized carbons (Fsp3) is 0.292. The molecule has 1 fully saturated rings. The largest absolute Gasteiger partial charge is 0.376 e. The second-order valence-electron chi connectivity index (χ2n) is 8.39. The van der Waals surface area contributed by atoms with Crippen molar-refractivity contribution in [3.05, 3.63) is 64.3 Å². The monoisotopic (exact) mass is 492 g/mol. The molecule has 5 rings (SSSR count). The number of aromatic nitrogens is 4. The average Bonchev–Trinajstić information content (AvgIpc) is 3.59. The second kappa shape index (κ2) is 9.88. The highest BCUT2D eigenvalue weighted by Crippen LogP contribution is 2.31. The molecule has 3 heterocycles. The van der Waals surface area contributed by atoms with Crippen LogP contribution >= 0.6 is 11.8 Å². The maximum Gasteiger partial charge on any atom is 0.274 e. The van der Waals surface area contributed by atoms with Crippen molar-refractivity contribution < 1.29 is 14.5 Å². The fourth-order valence-corrected chi connectivity index (χ4v) is 4.97. The van der Waals surface area contributed by atoms with Gasteiger partial charge in [0.05, 0.1) is 23.3 Å². The number of fused-ring (bicyclic) bond motifs is 1. The Morgan fingerprint density at radius 3 is 2.97 bits per heavy atom. The standard InChI is InChI=1S/C24H24N6O4S/c1-15-8-9-16(11-21(15)30(32)33)26-22(31)14-35-24-28-27-23(29(24)13-17-5-4-10-34-17)19-12-25-20-7-3-2-6-18(19)20/h2-3,6-9,11-12,17,25H,4-5,10,13-14H2,1H3,(H,26,31)/t17-/m0/s1. The third-order valence-corrected chi connectivity index (χ3v) is 6.95. The number of hydrogen-bond acceptors (Lipinski definition) is 7. The van der Waals surface area contributed by atoms with Crippen LogP contribution in [-0.4, -0.2) is 49.0 Å². The molecule has 35 heavy (non-hydrogen) atoms. The van der Waals surface area contributed by atoms with Gasteiger partial charge >= 0.3 is 0 Å². The van der Waals surface area contributed by atoms with Gasteiger partial charge in [0.1, 0.15) is 0 Å². The van der Waals surface area contributed by atoms with Gasteiger partial charge < -0.3 is 15.0 Å². The molecule has 0 bridgehead atoms. The van der Waals surface area contributed by atoms with Crippen LogP contribution in [0.15, 0.2) is 53.8 Å². The summed E-state index contributed by atoms with van der Waals surface area (Å²) >= 11 is 1.27. The number of hydrogen-bond donors (Lipinski definition) is 2. The minimum absolute atomic E-state index is 0.0323. The van der Waals surface area contributed by atoms with E-state index in [0.717, 1.165) is 41.7 Å². The average molecular weight is 493 g/mol. The van der Waals surface area contributed by atoms with Gasteiger partial charge in [0, 0.05) is 46.6 Å². The molecule has 1 aliphatic rings. The zero-order valence-corrected chi connectivity index (χ0v) is 19.9. The van der Waals surface area contributed by atoms with Gasteiger partial charge in [0.25, 0.3) is 5.69 Å². The summed E-state index contributed by atoms with van der Waals surface area (Å²) in [7, 11) is 0. The van der Waals surface area contributed by atoms with Crippen molar-refractivity contribution >= 4 is 39.9 Å². The van der Waals surface area contributed by atoms with Gasteiger partial charge in [-0.3, -0.25) is 19.5 Å². The maximum atomic E-state index is 12.6. The lowest BCUT2D eigenvalue weighted by Crippen LogP contribution is -2.18. The Hall–Kier alpha value is -3.70. The summed E-state index contributed by atoms with van der Waals surface area (Å²) in [4.78, 5) is 26.6. The number of para-hydroxylation sites is 1. The number of aryl methyl sites for hydroxylation is 1. The Kier molecular flexibility index (Phi) is 6.51. The highest BCUT2D eigenvalue weighted by atomic mass is 32.2. The molecular formula is C24H24N6O4S. The van der Waals surface area contributed by atoms with Crippen molar-refractivity contribution in [2.45, 2.75) is 37.6 Å². The van der Waals surface area contributed by atoms with Gasteiger partial charge in [0.15, 0.2) is 11.0 Å². The van der Waals surface area contributed by atoms with E-state index in [2.05, 4.69) is 20.5 Å². The number of nitrogens with one attached hydrogen (secondary N) is 2. The molecule has 2 N–H and O–H groups in total. The molecule has 0 aliphatic carbocycles. The summed E-state index contributed by atoms with van der Waals surface area (Å²) in [6, 6.07) is 12.6. The lowest BCUT2D eigenvalue weighted by molar-refractivity contribution is -0.385. The van der Waals surface area contributed by atoms with Crippen LogP contribution < -0.4 is 5.32 Å². The van der Waals surface area contributed by atoms with Crippen molar-refractivity contribution in [2.75, 3.05) is 17.7 Å². The van der Waals surface area contributed by atoms with Gasteiger partial charge in [-0.2, -0.15) is 0 Å². The van der Waals surface area contributed by atoms with E-state index in [1.807, 2.05) is 35.0 Å². The van der Waals surface area contributed by atoms with E-state index in [1.54, 1.807) is 19.1 Å². The first-order chi connectivity index (χ1) is 17.0. The number of ether oxygens (including phenoxy) is 1. The maximum absolute atomic E-state index is 12.6. The highest BCUT2D eigenvalue weighted by Gasteiger charge is 2.23. The molecule has 180 valence electrons. The van der Waals surface area contributed by atoms with E-state index in [-0.39, 0.29) is 23.5 Å². The lowest BCUT2D eigenvalue weighted by atomic mass is 10.1. The summed E-state index contributed by atoms with van der Waals surface area (Å²) in [6.07, 6.45) is 3.97. The van der Waals surface area contributed by atoms with Crippen LogP contribution in [-0.2, 0) is 16.1 Å². The van der Waals surface area contributed by atoms with Gasteiger partial charge in [-0.1, -0.05) is 36.0 Å². The van der Waals surface area contributed by atoms with Gasteiger partial charge in [-0.05, 0) is 31.9 Å². The van der Waals surface area contributed by atoms with Crippen LogP contribution in [0.4, 0.5) is 11.4 Å². The number of anilines is 1. The smallest absolute Gasteiger partial charge is 0.274 e. The molecule has 1 saturated heterocycles. The number of amides is 1. The third kappa shape index (κ3) is 4.91. The second-order valence-corrected chi connectivity index (χ2v) is 9.34. The van der Waals surface area contributed by atoms with Crippen molar-refractivity contribution in [3.8, 4) is 11.4 Å². The van der Waals surface area contributed by atoms with E-state index < -0.39 is 4.92 Å². The highest BCUT2D eigenvalue weighted by molar-refractivity contribution is 7.99. The van der Waals surface area contributed by atoms with Crippen LogP contribution in [0.1, 0.15) is 18.4 Å². The van der Waals surface area contributed by atoms with Crippen molar-refractivity contribution in [2.24, 2.45) is 0 Å².